The number of anilines is 1. The van der Waals surface area contributed by atoms with Gasteiger partial charge < -0.3 is 14.1 Å². The summed E-state index contributed by atoms with van der Waals surface area (Å²) in [6.07, 6.45) is 4.50. The Morgan fingerprint density at radius 2 is 1.96 bits per heavy atom. The zero-order chi connectivity index (χ0) is 17.3. The van der Waals surface area contributed by atoms with Gasteiger partial charge in [0.25, 0.3) is 5.91 Å². The molecule has 24 heavy (non-hydrogen) atoms. The number of nitrogens with zero attached hydrogens (tertiary/aromatic N) is 2. The molecule has 2 aliphatic heterocycles. The lowest BCUT2D eigenvalue weighted by Gasteiger charge is -2.41. The van der Waals surface area contributed by atoms with Gasteiger partial charge in [0.1, 0.15) is 0 Å². The molecule has 5 heteroatoms. The SMILES string of the molecule is COC(=O)c1cccc(C)c1N1CCC([N+]2(C)CCCCC2)C1=O. The first-order chi connectivity index (χ1) is 11.5. The van der Waals surface area contributed by atoms with Crippen LogP contribution in [0.5, 0.6) is 0 Å². The Bertz CT molecular complexity index is 650. The quantitative estimate of drug-likeness (QED) is 0.631. The fourth-order valence-corrected chi connectivity index (χ4v) is 4.30. The van der Waals surface area contributed by atoms with Crippen molar-refractivity contribution in [3.8, 4) is 0 Å². The highest BCUT2D eigenvalue weighted by Gasteiger charge is 2.46. The molecule has 2 fully saturated rings. The average molecular weight is 331 g/mol. The molecule has 2 aliphatic rings. The Labute approximate surface area is 143 Å². The molecule has 1 atom stereocenters. The van der Waals surface area contributed by atoms with Crippen molar-refractivity contribution >= 4 is 17.6 Å². The summed E-state index contributed by atoms with van der Waals surface area (Å²) in [7, 11) is 3.59. The predicted molar refractivity (Wildman–Crippen MR) is 93.0 cm³/mol. The zero-order valence-corrected chi connectivity index (χ0v) is 14.9. The van der Waals surface area contributed by atoms with E-state index in [-0.39, 0.29) is 17.9 Å². The van der Waals surface area contributed by atoms with Gasteiger partial charge >= 0.3 is 5.97 Å². The van der Waals surface area contributed by atoms with Crippen molar-refractivity contribution in [2.24, 2.45) is 0 Å². The Morgan fingerprint density at radius 1 is 1.25 bits per heavy atom. The van der Waals surface area contributed by atoms with E-state index in [9.17, 15) is 9.59 Å². The number of ether oxygens (including phenoxy) is 1. The number of benzene rings is 1. The Kier molecular flexibility index (Phi) is 4.63. The first-order valence-corrected chi connectivity index (χ1v) is 8.81. The number of methoxy groups -OCH3 is 1. The summed E-state index contributed by atoms with van der Waals surface area (Å²) in [6.45, 7) is 4.76. The van der Waals surface area contributed by atoms with Gasteiger partial charge in [-0.25, -0.2) is 4.79 Å². The van der Waals surface area contributed by atoms with Crippen LogP contribution >= 0.6 is 0 Å². The summed E-state index contributed by atoms with van der Waals surface area (Å²) in [4.78, 5) is 27.1. The first-order valence-electron chi connectivity index (χ1n) is 8.81. The molecule has 2 saturated heterocycles. The molecule has 0 aliphatic carbocycles. The highest BCUT2D eigenvalue weighted by molar-refractivity contribution is 6.06. The predicted octanol–water partition coefficient (Wildman–Crippen LogP) is 2.52. The number of rotatable bonds is 3. The standard InChI is InChI=1S/C19H27N2O3/c1-14-8-7-9-15(19(23)24-3)17(14)20-11-10-16(18(20)22)21(2)12-5-4-6-13-21/h7-9,16H,4-6,10-13H2,1-3H3/q+1. The van der Waals surface area contributed by atoms with E-state index in [1.165, 1.54) is 26.4 Å². The van der Waals surface area contributed by atoms with E-state index in [1.807, 2.05) is 24.0 Å². The van der Waals surface area contributed by atoms with Crippen LogP contribution in [0.25, 0.3) is 0 Å². The van der Waals surface area contributed by atoms with Crippen molar-refractivity contribution in [3.05, 3.63) is 29.3 Å². The molecule has 0 N–H and O–H groups in total. The van der Waals surface area contributed by atoms with Gasteiger partial charge in [-0.2, -0.15) is 0 Å². The second-order valence-electron chi connectivity index (χ2n) is 7.24. The zero-order valence-electron chi connectivity index (χ0n) is 14.9. The molecule has 0 aromatic heterocycles. The molecule has 1 aromatic carbocycles. The van der Waals surface area contributed by atoms with Crippen LogP contribution in [0, 0.1) is 6.92 Å². The molecule has 0 spiro atoms. The molecule has 3 rings (SSSR count). The minimum Gasteiger partial charge on any atom is -0.465 e. The summed E-state index contributed by atoms with van der Waals surface area (Å²) >= 11 is 0. The fraction of sp³-hybridized carbons (Fsp3) is 0.579. The number of amides is 1. The maximum atomic E-state index is 13.2. The Hall–Kier alpha value is -1.88. The number of likely N-dealkylation sites (N-methyl/N-ethyl adjacent to an activating group) is 1. The lowest BCUT2D eigenvalue weighted by atomic mass is 10.0. The smallest absolute Gasteiger partial charge is 0.339 e. The summed E-state index contributed by atoms with van der Waals surface area (Å²) in [6, 6.07) is 5.53. The second kappa shape index (κ2) is 6.55. The summed E-state index contributed by atoms with van der Waals surface area (Å²) < 4.78 is 5.75. The van der Waals surface area contributed by atoms with Crippen molar-refractivity contribution in [3.63, 3.8) is 0 Å². The molecule has 0 bridgehead atoms. The maximum Gasteiger partial charge on any atom is 0.339 e. The van der Waals surface area contributed by atoms with Gasteiger partial charge in [-0.15, -0.1) is 0 Å². The largest absolute Gasteiger partial charge is 0.465 e. The minimum absolute atomic E-state index is 0.00963. The van der Waals surface area contributed by atoms with Crippen LogP contribution in [0.15, 0.2) is 18.2 Å². The van der Waals surface area contributed by atoms with Crippen LogP contribution < -0.4 is 4.90 Å². The van der Waals surface area contributed by atoms with Crippen molar-refractivity contribution in [1.82, 2.24) is 0 Å². The first kappa shape index (κ1) is 17.0. The molecular formula is C19H27N2O3+. The number of esters is 1. The van der Waals surface area contributed by atoms with Crippen LogP contribution in [0.1, 0.15) is 41.6 Å². The molecule has 0 radical (unpaired) electrons. The Balaban J connectivity index is 1.92. The van der Waals surface area contributed by atoms with Crippen molar-refractivity contribution in [1.29, 1.82) is 0 Å². The number of aryl methyl sites for hydroxylation is 1. The van der Waals surface area contributed by atoms with Crippen LogP contribution in [0.2, 0.25) is 0 Å². The van der Waals surface area contributed by atoms with Crippen LogP contribution in [-0.4, -0.2) is 56.2 Å². The fourth-order valence-electron chi connectivity index (χ4n) is 4.30. The topological polar surface area (TPSA) is 46.6 Å². The normalized spacial score (nSPS) is 23.4. The van der Waals surface area contributed by atoms with Crippen molar-refractivity contribution in [2.45, 2.75) is 38.6 Å². The summed E-state index contributed by atoms with van der Waals surface area (Å²) in [5, 5.41) is 0. The lowest BCUT2D eigenvalue weighted by Crippen LogP contribution is -2.58. The minimum atomic E-state index is -0.386. The van der Waals surface area contributed by atoms with Crippen LogP contribution in [0.4, 0.5) is 5.69 Å². The number of carbonyl (C=O) groups is 2. The molecule has 1 unspecified atom stereocenters. The van der Waals surface area contributed by atoms with Gasteiger partial charge in [-0.05, 0) is 37.8 Å². The van der Waals surface area contributed by atoms with Gasteiger partial charge in [0.2, 0.25) is 0 Å². The van der Waals surface area contributed by atoms with Gasteiger partial charge in [0, 0.05) is 13.0 Å². The third kappa shape index (κ3) is 2.81. The third-order valence-electron chi connectivity index (χ3n) is 5.68. The number of hydrogen-bond acceptors (Lipinski definition) is 3. The van der Waals surface area contributed by atoms with Crippen molar-refractivity contribution < 1.29 is 18.8 Å². The summed E-state index contributed by atoms with van der Waals surface area (Å²) in [5.41, 5.74) is 2.14. The van der Waals surface area contributed by atoms with E-state index in [0.29, 0.717) is 12.1 Å². The third-order valence-corrected chi connectivity index (χ3v) is 5.68. The van der Waals surface area contributed by atoms with E-state index in [1.54, 1.807) is 6.07 Å². The van der Waals surface area contributed by atoms with Gasteiger partial charge in [0.15, 0.2) is 6.04 Å². The van der Waals surface area contributed by atoms with E-state index < -0.39 is 0 Å². The van der Waals surface area contributed by atoms with Gasteiger partial charge in [0.05, 0.1) is 38.5 Å². The van der Waals surface area contributed by atoms with E-state index in [4.69, 9.17) is 4.74 Å². The average Bonchev–Trinajstić information content (AvgIpc) is 2.96. The number of piperidine rings is 1. The number of para-hydroxylation sites is 1. The number of likely N-dealkylation sites (tertiary alicyclic amines) is 1. The molecule has 1 amide bonds. The highest BCUT2D eigenvalue weighted by Crippen LogP contribution is 2.34. The highest BCUT2D eigenvalue weighted by atomic mass is 16.5. The van der Waals surface area contributed by atoms with Crippen LogP contribution in [0.3, 0.4) is 0 Å². The van der Waals surface area contributed by atoms with Crippen LogP contribution in [-0.2, 0) is 9.53 Å². The molecular weight excluding hydrogens is 304 g/mol. The molecule has 0 saturated carbocycles. The molecule has 5 nitrogen and oxygen atoms in total. The van der Waals surface area contributed by atoms with Crippen molar-refractivity contribution in [2.75, 3.05) is 38.7 Å². The van der Waals surface area contributed by atoms with E-state index in [2.05, 4.69) is 7.05 Å². The summed E-state index contributed by atoms with van der Waals surface area (Å²) in [5.74, 6) is -0.234. The second-order valence-corrected chi connectivity index (χ2v) is 7.24. The van der Waals surface area contributed by atoms with E-state index >= 15 is 0 Å². The number of hydrogen-bond donors (Lipinski definition) is 0. The number of quaternary nitrogens is 1. The monoisotopic (exact) mass is 331 g/mol. The van der Waals surface area contributed by atoms with E-state index in [0.717, 1.165) is 35.2 Å². The molecule has 130 valence electrons. The molecule has 2 heterocycles. The van der Waals surface area contributed by atoms with Gasteiger partial charge in [-0.3, -0.25) is 4.79 Å². The lowest BCUT2D eigenvalue weighted by molar-refractivity contribution is -0.928. The maximum absolute atomic E-state index is 13.2. The number of carbonyl (C=O) groups excluding carboxylic acids is 2. The molecule has 1 aromatic rings. The Morgan fingerprint density at radius 3 is 2.62 bits per heavy atom. The van der Waals surface area contributed by atoms with Gasteiger partial charge in [-0.1, -0.05) is 12.1 Å².